The van der Waals surface area contributed by atoms with Crippen molar-refractivity contribution < 1.29 is 0 Å². The van der Waals surface area contributed by atoms with E-state index < -0.39 is 0 Å². The summed E-state index contributed by atoms with van der Waals surface area (Å²) in [5, 5.41) is 6.87. The van der Waals surface area contributed by atoms with Crippen LogP contribution in [0, 0.1) is 5.41 Å². The maximum absolute atomic E-state index is 6.87. The maximum Gasteiger partial charge on any atom is 0.0940 e. The van der Waals surface area contributed by atoms with Crippen LogP contribution in [0.1, 0.15) is 0 Å². The number of alkyl halides is 1. The third kappa shape index (κ3) is 3.94. The molecule has 0 atom stereocenters. The molecule has 0 saturated carbocycles. The van der Waals surface area contributed by atoms with Gasteiger partial charge in [-0.3, -0.25) is 5.41 Å². The molecule has 0 aliphatic carbocycles. The Kier molecular flexibility index (Phi) is 5.81. The SMILES string of the molecule is N=CN(CCl)C/C(I)=C\N. The predicted octanol–water partition coefficient (Wildman–Crippen LogP) is 1.33. The zero-order valence-electron chi connectivity index (χ0n) is 5.35. The molecule has 3 N–H and O–H groups in total. The minimum Gasteiger partial charge on any atom is -0.404 e. The average molecular weight is 274 g/mol. The van der Waals surface area contributed by atoms with Gasteiger partial charge >= 0.3 is 0 Å². The van der Waals surface area contributed by atoms with Gasteiger partial charge in [0, 0.05) is 9.78 Å². The van der Waals surface area contributed by atoms with Crippen LogP contribution in [0.25, 0.3) is 0 Å². The Morgan fingerprint density at radius 2 is 2.40 bits per heavy atom. The van der Waals surface area contributed by atoms with Gasteiger partial charge in [0.05, 0.1) is 18.9 Å². The van der Waals surface area contributed by atoms with Crippen LogP contribution in [0.4, 0.5) is 0 Å². The first-order valence-electron chi connectivity index (χ1n) is 2.61. The van der Waals surface area contributed by atoms with Gasteiger partial charge in [-0.15, -0.1) is 11.6 Å². The number of nitrogens with two attached hydrogens (primary N) is 1. The van der Waals surface area contributed by atoms with Crippen LogP contribution < -0.4 is 5.73 Å². The van der Waals surface area contributed by atoms with Crippen LogP contribution in [0.3, 0.4) is 0 Å². The second kappa shape index (κ2) is 5.79. The van der Waals surface area contributed by atoms with Crippen LogP contribution in [0.5, 0.6) is 0 Å². The number of hydrogen-bond donors (Lipinski definition) is 2. The monoisotopic (exact) mass is 273 g/mol. The molecule has 0 fully saturated rings. The van der Waals surface area contributed by atoms with Gasteiger partial charge in [0.15, 0.2) is 0 Å². The fourth-order valence-electron chi connectivity index (χ4n) is 0.369. The van der Waals surface area contributed by atoms with E-state index in [1.165, 1.54) is 12.5 Å². The largest absolute Gasteiger partial charge is 0.404 e. The predicted molar refractivity (Wildman–Crippen MR) is 52.5 cm³/mol. The topological polar surface area (TPSA) is 53.1 Å². The van der Waals surface area contributed by atoms with Crippen molar-refractivity contribution in [3.63, 3.8) is 0 Å². The van der Waals surface area contributed by atoms with Gasteiger partial charge in [0.25, 0.3) is 0 Å². The molecule has 0 amide bonds. The zero-order chi connectivity index (χ0) is 7.98. The van der Waals surface area contributed by atoms with Crippen LogP contribution in [-0.2, 0) is 0 Å². The highest BCUT2D eigenvalue weighted by molar-refractivity contribution is 14.1. The molecule has 0 bridgehead atoms. The molecule has 0 aliphatic rings. The van der Waals surface area contributed by atoms with Gasteiger partial charge in [0.2, 0.25) is 0 Å². The molecule has 0 aromatic heterocycles. The minimum absolute atomic E-state index is 0.323. The smallest absolute Gasteiger partial charge is 0.0940 e. The summed E-state index contributed by atoms with van der Waals surface area (Å²) in [4.78, 5) is 1.63. The van der Waals surface area contributed by atoms with Crippen molar-refractivity contribution in [1.82, 2.24) is 4.90 Å². The van der Waals surface area contributed by atoms with Gasteiger partial charge in [0.1, 0.15) is 0 Å². The lowest BCUT2D eigenvalue weighted by atomic mass is 10.5. The summed E-state index contributed by atoms with van der Waals surface area (Å²) in [7, 11) is 0. The fourth-order valence-corrected chi connectivity index (χ4v) is 0.961. The summed E-state index contributed by atoms with van der Waals surface area (Å²) in [6.07, 6.45) is 2.69. The molecular weight excluding hydrogens is 264 g/mol. The molecule has 58 valence electrons. The lowest BCUT2D eigenvalue weighted by molar-refractivity contribution is 0.550. The zero-order valence-corrected chi connectivity index (χ0v) is 8.26. The van der Waals surface area contributed by atoms with Crippen LogP contribution in [0.15, 0.2) is 9.78 Å². The quantitative estimate of drug-likeness (QED) is 0.267. The summed E-state index contributed by atoms with van der Waals surface area (Å²) in [5.41, 5.74) is 5.22. The fraction of sp³-hybridized carbons (Fsp3) is 0.400. The first kappa shape index (κ1) is 10.0. The second-order valence-corrected chi connectivity index (χ2v) is 3.23. The van der Waals surface area contributed by atoms with Gasteiger partial charge in [-0.25, -0.2) is 0 Å². The average Bonchev–Trinajstić information content (AvgIpc) is 1.99. The van der Waals surface area contributed by atoms with Crippen molar-refractivity contribution in [3.05, 3.63) is 9.78 Å². The Morgan fingerprint density at radius 1 is 1.80 bits per heavy atom. The highest BCUT2D eigenvalue weighted by atomic mass is 127. The van der Waals surface area contributed by atoms with E-state index in [1.54, 1.807) is 4.90 Å². The first-order chi connectivity index (χ1) is 4.74. The van der Waals surface area contributed by atoms with E-state index in [2.05, 4.69) is 22.6 Å². The van der Waals surface area contributed by atoms with Gasteiger partial charge in [-0.2, -0.15) is 0 Å². The highest BCUT2D eigenvalue weighted by Crippen LogP contribution is 2.05. The molecule has 0 spiro atoms. The van der Waals surface area contributed by atoms with E-state index in [1.807, 2.05) is 0 Å². The normalized spacial score (nSPS) is 11.2. The number of halogens is 2. The van der Waals surface area contributed by atoms with E-state index in [9.17, 15) is 0 Å². The summed E-state index contributed by atoms with van der Waals surface area (Å²) >= 11 is 7.57. The summed E-state index contributed by atoms with van der Waals surface area (Å²) in [5.74, 6) is 0. The van der Waals surface area contributed by atoms with E-state index in [4.69, 9.17) is 22.7 Å². The van der Waals surface area contributed by atoms with Crippen molar-refractivity contribution in [1.29, 1.82) is 5.41 Å². The molecule has 0 unspecified atom stereocenters. The Bertz CT molecular complexity index is 137. The highest BCUT2D eigenvalue weighted by Gasteiger charge is 1.97. The number of nitrogens with one attached hydrogen (secondary N) is 1. The Labute approximate surface area is 78.9 Å². The molecule has 0 aliphatic heterocycles. The molecule has 0 saturated heterocycles. The first-order valence-corrected chi connectivity index (χ1v) is 4.22. The molecule has 0 aromatic carbocycles. The number of nitrogens with zero attached hydrogens (tertiary/aromatic N) is 1. The molecule has 0 radical (unpaired) electrons. The molecule has 10 heavy (non-hydrogen) atoms. The molecule has 5 heteroatoms. The summed E-state index contributed by atoms with van der Waals surface area (Å²) in [6, 6.07) is 0.323. The van der Waals surface area contributed by atoms with Crippen molar-refractivity contribution in [2.24, 2.45) is 5.73 Å². The molecule has 0 heterocycles. The molecule has 3 nitrogen and oxygen atoms in total. The van der Waals surface area contributed by atoms with Crippen molar-refractivity contribution in [2.75, 3.05) is 12.5 Å². The van der Waals surface area contributed by atoms with E-state index in [0.29, 0.717) is 12.5 Å². The Balaban J connectivity index is 3.74. The van der Waals surface area contributed by atoms with Crippen LogP contribution in [-0.4, -0.2) is 23.8 Å². The minimum atomic E-state index is 0.323. The molecule has 0 rings (SSSR count). The summed E-state index contributed by atoms with van der Waals surface area (Å²) in [6.45, 7) is 0.615. The van der Waals surface area contributed by atoms with Gasteiger partial charge in [-0.1, -0.05) is 0 Å². The van der Waals surface area contributed by atoms with Crippen LogP contribution >= 0.6 is 34.2 Å². The van der Waals surface area contributed by atoms with Crippen molar-refractivity contribution in [2.45, 2.75) is 0 Å². The van der Waals surface area contributed by atoms with E-state index >= 15 is 0 Å². The van der Waals surface area contributed by atoms with Gasteiger partial charge in [-0.05, 0) is 22.6 Å². The third-order valence-electron chi connectivity index (χ3n) is 0.871. The Morgan fingerprint density at radius 3 is 2.70 bits per heavy atom. The number of rotatable bonds is 4. The third-order valence-corrected chi connectivity index (χ3v) is 1.88. The molecule has 0 aromatic rings. The maximum atomic E-state index is 6.87. The lowest BCUT2D eigenvalue weighted by Crippen LogP contribution is -2.21. The van der Waals surface area contributed by atoms with Crippen molar-refractivity contribution >= 4 is 40.5 Å². The standard InChI is InChI=1S/C5H9ClIN3/c6-3-10(4-9)2-5(7)1-8/h1,4,9H,2-3,8H2/b5-1+,9-4?. The van der Waals surface area contributed by atoms with E-state index in [-0.39, 0.29) is 0 Å². The van der Waals surface area contributed by atoms with Gasteiger partial charge < -0.3 is 10.6 Å². The summed E-state index contributed by atoms with van der Waals surface area (Å²) < 4.78 is 0.974. The van der Waals surface area contributed by atoms with Crippen LogP contribution in [0.2, 0.25) is 0 Å². The van der Waals surface area contributed by atoms with E-state index in [0.717, 1.165) is 3.58 Å². The second-order valence-electron chi connectivity index (χ2n) is 1.61. The molecular formula is C5H9ClIN3. The number of hydrogen-bond acceptors (Lipinski definition) is 2. The lowest BCUT2D eigenvalue weighted by Gasteiger charge is -2.13. The Hall–Kier alpha value is 0.0300. The van der Waals surface area contributed by atoms with Crippen molar-refractivity contribution in [3.8, 4) is 0 Å².